The van der Waals surface area contributed by atoms with Gasteiger partial charge in [0.05, 0.1) is 17.6 Å². The van der Waals surface area contributed by atoms with Crippen molar-refractivity contribution in [2.45, 2.75) is 31.8 Å². The van der Waals surface area contributed by atoms with E-state index in [2.05, 4.69) is 6.58 Å². The van der Waals surface area contributed by atoms with Gasteiger partial charge >= 0.3 is 17.9 Å². The molecule has 2 aromatic rings. The second-order valence-corrected chi connectivity index (χ2v) is 7.45. The first-order valence-corrected chi connectivity index (χ1v) is 10.6. The minimum atomic E-state index is -0.592. The van der Waals surface area contributed by atoms with Crippen LogP contribution in [0.1, 0.15) is 36.0 Å². The van der Waals surface area contributed by atoms with Gasteiger partial charge in [0, 0.05) is 13.2 Å². The Labute approximate surface area is 192 Å². The van der Waals surface area contributed by atoms with Crippen LogP contribution in [-0.2, 0) is 19.1 Å². The van der Waals surface area contributed by atoms with Gasteiger partial charge in [-0.25, -0.2) is 9.59 Å². The quantitative estimate of drug-likeness (QED) is 0.242. The largest absolute Gasteiger partial charge is 0.457 e. The molecule has 0 aromatic heterocycles. The SMILES string of the molecule is C=CC(=O)OCOc1ccc(C(=O)Oc2ccc(OC(=O)C3CCC(OC)CC3)cc2)cc1. The van der Waals surface area contributed by atoms with Crippen molar-refractivity contribution in [3.05, 3.63) is 66.7 Å². The number of benzene rings is 2. The highest BCUT2D eigenvalue weighted by atomic mass is 16.7. The van der Waals surface area contributed by atoms with Gasteiger partial charge in [-0.3, -0.25) is 4.79 Å². The van der Waals surface area contributed by atoms with Gasteiger partial charge in [0.15, 0.2) is 0 Å². The zero-order valence-corrected chi connectivity index (χ0v) is 18.4. The molecule has 8 heteroatoms. The Morgan fingerprint density at radius 2 is 1.45 bits per heavy atom. The van der Waals surface area contributed by atoms with Crippen molar-refractivity contribution in [1.82, 2.24) is 0 Å². The van der Waals surface area contributed by atoms with Crippen LogP contribution in [0.5, 0.6) is 17.2 Å². The Balaban J connectivity index is 1.47. The first-order chi connectivity index (χ1) is 16.0. The molecule has 0 saturated heterocycles. The summed E-state index contributed by atoms with van der Waals surface area (Å²) in [5.41, 5.74) is 0.313. The van der Waals surface area contributed by atoms with Crippen molar-refractivity contribution < 1.29 is 38.1 Å². The van der Waals surface area contributed by atoms with Gasteiger partial charge in [-0.1, -0.05) is 6.58 Å². The Hall–Kier alpha value is -3.65. The lowest BCUT2D eigenvalue weighted by molar-refractivity contribution is -0.144. The number of hydrogen-bond donors (Lipinski definition) is 0. The molecule has 0 unspecified atom stereocenters. The van der Waals surface area contributed by atoms with Crippen molar-refractivity contribution in [2.75, 3.05) is 13.9 Å². The number of carbonyl (C=O) groups is 3. The third kappa shape index (κ3) is 7.18. The predicted molar refractivity (Wildman–Crippen MR) is 118 cm³/mol. The van der Waals surface area contributed by atoms with Crippen LogP contribution < -0.4 is 14.2 Å². The summed E-state index contributed by atoms with van der Waals surface area (Å²) in [6.07, 6.45) is 4.44. The maximum absolute atomic E-state index is 12.4. The third-order valence-electron chi connectivity index (χ3n) is 5.28. The summed E-state index contributed by atoms with van der Waals surface area (Å²) in [4.78, 5) is 35.7. The molecule has 0 radical (unpaired) electrons. The first kappa shape index (κ1) is 24.0. The Bertz CT molecular complexity index is 957. The van der Waals surface area contributed by atoms with Crippen molar-refractivity contribution in [3.8, 4) is 17.2 Å². The number of esters is 3. The minimum Gasteiger partial charge on any atom is -0.457 e. The van der Waals surface area contributed by atoms with E-state index in [0.29, 0.717) is 22.8 Å². The van der Waals surface area contributed by atoms with Crippen molar-refractivity contribution >= 4 is 17.9 Å². The number of carbonyl (C=O) groups excluding carboxylic acids is 3. The average molecular weight is 454 g/mol. The second-order valence-electron chi connectivity index (χ2n) is 7.45. The molecule has 8 nitrogen and oxygen atoms in total. The van der Waals surface area contributed by atoms with Crippen LogP contribution in [0.2, 0.25) is 0 Å². The zero-order valence-electron chi connectivity index (χ0n) is 18.4. The van der Waals surface area contributed by atoms with E-state index < -0.39 is 11.9 Å². The van der Waals surface area contributed by atoms with Gasteiger partial charge in [0.25, 0.3) is 0 Å². The molecule has 0 N–H and O–H groups in total. The van der Waals surface area contributed by atoms with Crippen LogP contribution in [0.25, 0.3) is 0 Å². The molecule has 1 aliphatic rings. The van der Waals surface area contributed by atoms with Crippen LogP contribution in [0.15, 0.2) is 61.2 Å². The van der Waals surface area contributed by atoms with Gasteiger partial charge in [0.1, 0.15) is 17.2 Å². The van der Waals surface area contributed by atoms with Crippen LogP contribution in [0.3, 0.4) is 0 Å². The molecule has 0 bridgehead atoms. The molecule has 0 atom stereocenters. The molecule has 33 heavy (non-hydrogen) atoms. The highest BCUT2D eigenvalue weighted by Crippen LogP contribution is 2.28. The maximum atomic E-state index is 12.4. The summed E-state index contributed by atoms with van der Waals surface area (Å²) in [7, 11) is 1.69. The third-order valence-corrected chi connectivity index (χ3v) is 5.28. The summed E-state index contributed by atoms with van der Waals surface area (Å²) in [6.45, 7) is 3.02. The van der Waals surface area contributed by atoms with Gasteiger partial charge < -0.3 is 23.7 Å². The monoisotopic (exact) mass is 454 g/mol. The molecule has 0 aliphatic heterocycles. The molecular formula is C25H26O8. The highest BCUT2D eigenvalue weighted by molar-refractivity contribution is 5.91. The number of ether oxygens (including phenoxy) is 5. The molecule has 0 heterocycles. The van der Waals surface area contributed by atoms with Crippen molar-refractivity contribution in [1.29, 1.82) is 0 Å². The molecule has 0 amide bonds. The van der Waals surface area contributed by atoms with E-state index in [0.717, 1.165) is 31.8 Å². The van der Waals surface area contributed by atoms with Gasteiger partial charge in [-0.05, 0) is 74.2 Å². The number of hydrogen-bond acceptors (Lipinski definition) is 8. The molecule has 3 rings (SSSR count). The minimum absolute atomic E-state index is 0.130. The van der Waals surface area contributed by atoms with E-state index in [4.69, 9.17) is 23.7 Å². The average Bonchev–Trinajstić information content (AvgIpc) is 2.85. The molecular weight excluding hydrogens is 428 g/mol. The summed E-state index contributed by atoms with van der Waals surface area (Å²) < 4.78 is 26.1. The van der Waals surface area contributed by atoms with E-state index in [1.165, 1.54) is 12.1 Å². The Kier molecular flexibility index (Phi) is 8.60. The van der Waals surface area contributed by atoms with Crippen molar-refractivity contribution in [3.63, 3.8) is 0 Å². The highest BCUT2D eigenvalue weighted by Gasteiger charge is 2.27. The van der Waals surface area contributed by atoms with Crippen molar-refractivity contribution in [2.24, 2.45) is 5.92 Å². The molecule has 0 spiro atoms. The number of methoxy groups -OCH3 is 1. The molecule has 174 valence electrons. The lowest BCUT2D eigenvalue weighted by Gasteiger charge is -2.26. The summed E-state index contributed by atoms with van der Waals surface area (Å²) in [5.74, 6) is -0.398. The van der Waals surface area contributed by atoms with Crippen LogP contribution in [0, 0.1) is 5.92 Å². The van der Waals surface area contributed by atoms with E-state index in [1.807, 2.05) is 0 Å². The standard InChI is InChI=1S/C25H26O8/c1-3-23(26)31-16-30-20-10-6-18(7-11-20)25(28)33-22-14-12-21(13-15-22)32-24(27)17-4-8-19(29-2)9-5-17/h3,6-7,10-15,17,19H,1,4-5,8-9,16H2,2H3. The maximum Gasteiger partial charge on any atom is 0.343 e. The molecule has 1 fully saturated rings. The molecule has 2 aromatic carbocycles. The smallest absolute Gasteiger partial charge is 0.343 e. The Morgan fingerprint density at radius 1 is 0.879 bits per heavy atom. The van der Waals surface area contributed by atoms with E-state index in [9.17, 15) is 14.4 Å². The summed E-state index contributed by atoms with van der Waals surface area (Å²) >= 11 is 0. The van der Waals surface area contributed by atoms with Crippen LogP contribution >= 0.6 is 0 Å². The topological polar surface area (TPSA) is 97.4 Å². The van der Waals surface area contributed by atoms with Gasteiger partial charge in [0.2, 0.25) is 6.79 Å². The second kappa shape index (κ2) is 11.8. The lowest BCUT2D eigenvalue weighted by Crippen LogP contribution is -2.28. The van der Waals surface area contributed by atoms with E-state index in [-0.39, 0.29) is 24.8 Å². The molecule has 1 aliphatic carbocycles. The fraction of sp³-hybridized carbons (Fsp3) is 0.320. The first-order valence-electron chi connectivity index (χ1n) is 10.6. The molecule has 1 saturated carbocycles. The van der Waals surface area contributed by atoms with E-state index in [1.54, 1.807) is 43.5 Å². The zero-order chi connectivity index (χ0) is 23.6. The fourth-order valence-electron chi connectivity index (χ4n) is 3.38. The number of rotatable bonds is 9. The van der Waals surface area contributed by atoms with Crippen LogP contribution in [0.4, 0.5) is 0 Å². The summed E-state index contributed by atoms with van der Waals surface area (Å²) in [6, 6.07) is 12.5. The normalized spacial score (nSPS) is 17.5. The predicted octanol–water partition coefficient (Wildman–Crippen LogP) is 4.08. The van der Waals surface area contributed by atoms with E-state index >= 15 is 0 Å². The Morgan fingerprint density at radius 3 is 2.03 bits per heavy atom. The van der Waals surface area contributed by atoms with Crippen LogP contribution in [-0.4, -0.2) is 37.9 Å². The fourth-order valence-corrected chi connectivity index (χ4v) is 3.38. The summed E-state index contributed by atoms with van der Waals surface area (Å²) in [5, 5.41) is 0. The lowest BCUT2D eigenvalue weighted by atomic mass is 9.87. The van der Waals surface area contributed by atoms with Gasteiger partial charge in [-0.2, -0.15) is 0 Å². The van der Waals surface area contributed by atoms with Gasteiger partial charge in [-0.15, -0.1) is 0 Å².